The third-order valence-corrected chi connectivity index (χ3v) is 13.6. The Kier molecular flexibility index (Phi) is 6.62. The Hall–Kier alpha value is -8.00. The maximum Gasteiger partial charge on any atom is 0.143 e. The largest absolute Gasteiger partial charge is 0.455 e. The van der Waals surface area contributed by atoms with Crippen LogP contribution in [-0.2, 0) is 0 Å². The summed E-state index contributed by atoms with van der Waals surface area (Å²) in [6.45, 7) is 0. The Balaban J connectivity index is 1.04. The molecule has 14 aromatic rings. The smallest absolute Gasteiger partial charge is 0.143 e. The average molecular weight is 771 g/mol. The molecular formula is C60H34O. The average Bonchev–Trinajstić information content (AvgIpc) is 3.71. The quantitative estimate of drug-likeness (QED) is 0.162. The number of fused-ring (bicyclic) bond motifs is 4. The molecule has 1 nitrogen and oxygen atoms in total. The Labute approximate surface area is 351 Å². The van der Waals surface area contributed by atoms with Crippen molar-refractivity contribution in [2.24, 2.45) is 0 Å². The fraction of sp³-hybridized carbons (Fsp3) is 0. The van der Waals surface area contributed by atoms with Gasteiger partial charge in [-0.1, -0.05) is 194 Å². The van der Waals surface area contributed by atoms with Gasteiger partial charge >= 0.3 is 0 Å². The third kappa shape index (κ3) is 4.61. The highest BCUT2D eigenvalue weighted by Crippen LogP contribution is 2.49. The summed E-state index contributed by atoms with van der Waals surface area (Å²) >= 11 is 0. The molecule has 0 saturated carbocycles. The Morgan fingerprint density at radius 2 is 0.721 bits per heavy atom. The highest BCUT2D eigenvalue weighted by molar-refractivity contribution is 6.28. The first-order chi connectivity index (χ1) is 30.2. The zero-order chi connectivity index (χ0) is 39.8. The van der Waals surface area contributed by atoms with Gasteiger partial charge in [-0.05, 0) is 121 Å². The maximum atomic E-state index is 6.80. The molecule has 0 atom stereocenters. The van der Waals surface area contributed by atoms with E-state index >= 15 is 0 Å². The monoisotopic (exact) mass is 770 g/mol. The number of benzene rings is 13. The first-order valence-electron chi connectivity index (χ1n) is 21.2. The van der Waals surface area contributed by atoms with E-state index in [0.29, 0.717) is 0 Å². The molecule has 0 spiro atoms. The fourth-order valence-corrected chi connectivity index (χ4v) is 10.8. The summed E-state index contributed by atoms with van der Waals surface area (Å²) in [5.41, 5.74) is 11.4. The molecule has 0 N–H and O–H groups in total. The van der Waals surface area contributed by atoms with Crippen LogP contribution in [-0.4, -0.2) is 0 Å². The van der Waals surface area contributed by atoms with E-state index < -0.39 is 0 Å². The summed E-state index contributed by atoms with van der Waals surface area (Å²) < 4.78 is 6.80. The molecular weight excluding hydrogens is 737 g/mol. The van der Waals surface area contributed by atoms with Gasteiger partial charge in [0, 0.05) is 21.9 Å². The summed E-state index contributed by atoms with van der Waals surface area (Å²) in [7, 11) is 0. The van der Waals surface area contributed by atoms with Gasteiger partial charge in [0.1, 0.15) is 11.2 Å². The molecule has 1 heteroatoms. The van der Waals surface area contributed by atoms with Crippen molar-refractivity contribution in [3.63, 3.8) is 0 Å². The van der Waals surface area contributed by atoms with Crippen molar-refractivity contribution >= 4 is 97.3 Å². The SMILES string of the molecule is c1cc2ccc3ccc(-c4ccc(-c5cc(-c6ccc7ccc8cccc9ccc6c7c89)c(-c6cccc7c6oc6ccccc67)c6ccccc56)cc4)c4ccc(c1)c2c34. The van der Waals surface area contributed by atoms with Gasteiger partial charge in [0.2, 0.25) is 0 Å². The van der Waals surface area contributed by atoms with Crippen molar-refractivity contribution < 1.29 is 4.42 Å². The van der Waals surface area contributed by atoms with Gasteiger partial charge in [-0.2, -0.15) is 0 Å². The van der Waals surface area contributed by atoms with Gasteiger partial charge in [-0.3, -0.25) is 0 Å². The van der Waals surface area contributed by atoms with E-state index in [-0.39, 0.29) is 0 Å². The van der Waals surface area contributed by atoms with E-state index in [1.165, 1.54) is 114 Å². The first-order valence-corrected chi connectivity index (χ1v) is 21.2. The molecule has 1 aromatic heterocycles. The van der Waals surface area contributed by atoms with Gasteiger partial charge < -0.3 is 4.42 Å². The minimum Gasteiger partial charge on any atom is -0.455 e. The molecule has 0 radical (unpaired) electrons. The predicted molar refractivity (Wildman–Crippen MR) is 260 cm³/mol. The van der Waals surface area contributed by atoms with Crippen LogP contribution in [0.3, 0.4) is 0 Å². The zero-order valence-electron chi connectivity index (χ0n) is 33.0. The van der Waals surface area contributed by atoms with E-state index in [9.17, 15) is 0 Å². The van der Waals surface area contributed by atoms with Crippen molar-refractivity contribution in [3.05, 3.63) is 206 Å². The van der Waals surface area contributed by atoms with E-state index in [2.05, 4.69) is 206 Å². The second-order valence-electron chi connectivity index (χ2n) is 16.7. The summed E-state index contributed by atoms with van der Waals surface area (Å²) in [6.07, 6.45) is 0. The first kappa shape index (κ1) is 32.9. The standard InChI is InChI=1S/C60H34O/c1-2-14-47-44(12-1)52(36-20-18-35(19-21-36)43-30-26-41-24-22-37-8-5-10-39-28-32-48(43)57(41)55(37)39)34-53(59(47)51-16-7-15-50-46-13-3-4-17-54(46)61-60(50)51)45-31-27-42-25-23-38-9-6-11-40-29-33-49(45)58(42)56(38)40/h1-34H. The molecule has 280 valence electrons. The van der Waals surface area contributed by atoms with Crippen LogP contribution in [0.15, 0.2) is 211 Å². The Bertz CT molecular complexity index is 4060. The van der Waals surface area contributed by atoms with Crippen molar-refractivity contribution in [2.45, 2.75) is 0 Å². The molecule has 0 aliphatic carbocycles. The molecule has 61 heavy (non-hydrogen) atoms. The van der Waals surface area contributed by atoms with Gasteiger partial charge in [0.15, 0.2) is 0 Å². The van der Waals surface area contributed by atoms with Crippen molar-refractivity contribution in [1.82, 2.24) is 0 Å². The van der Waals surface area contributed by atoms with Gasteiger partial charge in [0.05, 0.1) is 0 Å². The van der Waals surface area contributed by atoms with Gasteiger partial charge in [-0.25, -0.2) is 0 Å². The molecule has 14 rings (SSSR count). The summed E-state index contributed by atoms with van der Waals surface area (Å²) in [5.74, 6) is 0. The lowest BCUT2D eigenvalue weighted by Crippen LogP contribution is -1.94. The predicted octanol–water partition coefficient (Wildman–Crippen LogP) is 17.2. The van der Waals surface area contributed by atoms with Crippen LogP contribution in [0, 0.1) is 0 Å². The lowest BCUT2D eigenvalue weighted by Gasteiger charge is -2.21. The zero-order valence-corrected chi connectivity index (χ0v) is 33.0. The van der Waals surface area contributed by atoms with Crippen LogP contribution >= 0.6 is 0 Å². The lowest BCUT2D eigenvalue weighted by molar-refractivity contribution is 0.670. The van der Waals surface area contributed by atoms with Crippen LogP contribution < -0.4 is 0 Å². The molecule has 0 amide bonds. The third-order valence-electron chi connectivity index (χ3n) is 13.6. The molecule has 1 heterocycles. The van der Waals surface area contributed by atoms with Crippen LogP contribution in [0.1, 0.15) is 0 Å². The van der Waals surface area contributed by atoms with Gasteiger partial charge in [0.25, 0.3) is 0 Å². The number of rotatable bonds is 4. The van der Waals surface area contributed by atoms with Crippen molar-refractivity contribution in [1.29, 1.82) is 0 Å². The highest BCUT2D eigenvalue weighted by atomic mass is 16.3. The Morgan fingerprint density at radius 1 is 0.246 bits per heavy atom. The van der Waals surface area contributed by atoms with Crippen molar-refractivity contribution in [2.75, 3.05) is 0 Å². The van der Waals surface area contributed by atoms with E-state index in [1.54, 1.807) is 0 Å². The van der Waals surface area contributed by atoms with E-state index in [0.717, 1.165) is 27.5 Å². The topological polar surface area (TPSA) is 13.1 Å². The Morgan fingerprint density at radius 3 is 1.38 bits per heavy atom. The normalized spacial score (nSPS) is 12.3. The van der Waals surface area contributed by atoms with E-state index in [4.69, 9.17) is 4.42 Å². The lowest BCUT2D eigenvalue weighted by atomic mass is 9.82. The highest BCUT2D eigenvalue weighted by Gasteiger charge is 2.23. The van der Waals surface area contributed by atoms with E-state index in [1.807, 2.05) is 0 Å². The molecule has 0 aliphatic rings. The molecule has 0 bridgehead atoms. The number of hydrogen-bond acceptors (Lipinski definition) is 1. The van der Waals surface area contributed by atoms with Crippen LogP contribution in [0.2, 0.25) is 0 Å². The molecule has 0 saturated heterocycles. The molecule has 0 unspecified atom stereocenters. The fourth-order valence-electron chi connectivity index (χ4n) is 10.8. The number of furan rings is 1. The maximum absolute atomic E-state index is 6.80. The molecule has 13 aromatic carbocycles. The van der Waals surface area contributed by atoms with Gasteiger partial charge in [-0.15, -0.1) is 0 Å². The van der Waals surface area contributed by atoms with Crippen LogP contribution in [0.5, 0.6) is 0 Å². The second-order valence-corrected chi connectivity index (χ2v) is 16.7. The second kappa shape index (κ2) is 12.3. The summed E-state index contributed by atoms with van der Waals surface area (Å²) in [6, 6.07) is 76.5. The van der Waals surface area contributed by atoms with Crippen molar-refractivity contribution in [3.8, 4) is 44.5 Å². The van der Waals surface area contributed by atoms with Crippen LogP contribution in [0.25, 0.3) is 142 Å². The minimum atomic E-state index is 0.903. The minimum absolute atomic E-state index is 0.903. The summed E-state index contributed by atoms with van der Waals surface area (Å²) in [4.78, 5) is 0. The molecule has 0 aliphatic heterocycles. The number of hydrogen-bond donors (Lipinski definition) is 0. The number of para-hydroxylation sites is 2. The van der Waals surface area contributed by atoms with Crippen LogP contribution in [0.4, 0.5) is 0 Å². The summed E-state index contributed by atoms with van der Waals surface area (Å²) in [5, 5.41) is 20.2. The molecule has 0 fully saturated rings.